The summed E-state index contributed by atoms with van der Waals surface area (Å²) >= 11 is 5.98. The number of nitrogens with zero attached hydrogens (tertiary/aromatic N) is 3. The minimum Gasteiger partial charge on any atom is -0.370 e. The van der Waals surface area contributed by atoms with Gasteiger partial charge in [0, 0.05) is 44.3 Å². The van der Waals surface area contributed by atoms with E-state index in [2.05, 4.69) is 33.3 Å². The average molecular weight is 425 g/mol. The van der Waals surface area contributed by atoms with E-state index in [1.54, 1.807) is 12.1 Å². The molecule has 2 unspecified atom stereocenters. The first-order valence-electron chi connectivity index (χ1n) is 10.2. The number of rotatable bonds is 6. The number of hydrogen-bond acceptors (Lipinski definition) is 5. The molecule has 2 heterocycles. The number of halogens is 1. The molecule has 156 valence electrons. The van der Waals surface area contributed by atoms with Gasteiger partial charge in [-0.3, -0.25) is 14.6 Å². The van der Waals surface area contributed by atoms with Crippen LogP contribution in [0.3, 0.4) is 0 Å². The Bertz CT molecular complexity index is 896. The molecule has 2 aliphatic heterocycles. The molecule has 30 heavy (non-hydrogen) atoms. The van der Waals surface area contributed by atoms with Gasteiger partial charge in [0.15, 0.2) is 0 Å². The number of hydrogen-bond donors (Lipinski definition) is 1. The number of amides is 1. The van der Waals surface area contributed by atoms with Crippen LogP contribution in [-0.2, 0) is 22.6 Å². The molecule has 2 bridgehead atoms. The summed E-state index contributed by atoms with van der Waals surface area (Å²) in [5.74, 6) is 0.0114. The quantitative estimate of drug-likeness (QED) is 0.771. The van der Waals surface area contributed by atoms with Gasteiger partial charge in [0.2, 0.25) is 5.91 Å². The van der Waals surface area contributed by atoms with Crippen molar-refractivity contribution in [2.24, 2.45) is 0 Å². The standard InChI is InChI=1S/C23H25ClN4O2/c24-20-7-5-19(6-8-20)11-27-12-21-14-28(15-22(13-27)30-21)16-23(29)26-10-18-3-1-17(9-25)2-4-18/h1-8,21-22H,10-16H2,(H,26,29). The van der Waals surface area contributed by atoms with Crippen molar-refractivity contribution in [1.82, 2.24) is 15.1 Å². The Morgan fingerprint density at radius 3 is 2.23 bits per heavy atom. The molecule has 0 aliphatic carbocycles. The van der Waals surface area contributed by atoms with Crippen LogP contribution in [-0.4, -0.2) is 60.6 Å². The van der Waals surface area contributed by atoms with Gasteiger partial charge < -0.3 is 10.1 Å². The number of nitrogens with one attached hydrogen (secondary N) is 1. The molecule has 2 saturated heterocycles. The second-order valence-electron chi connectivity index (χ2n) is 7.98. The summed E-state index contributed by atoms with van der Waals surface area (Å²) in [6.45, 7) is 4.99. The molecule has 2 aromatic rings. The van der Waals surface area contributed by atoms with Gasteiger partial charge in [0.1, 0.15) is 0 Å². The smallest absolute Gasteiger partial charge is 0.234 e. The van der Waals surface area contributed by atoms with Crippen LogP contribution in [0.15, 0.2) is 48.5 Å². The van der Waals surface area contributed by atoms with Crippen LogP contribution in [0.1, 0.15) is 16.7 Å². The lowest BCUT2D eigenvalue weighted by molar-refractivity contribution is -0.146. The molecule has 2 aliphatic rings. The van der Waals surface area contributed by atoms with E-state index < -0.39 is 0 Å². The number of benzene rings is 2. The van der Waals surface area contributed by atoms with Gasteiger partial charge in [-0.25, -0.2) is 0 Å². The lowest BCUT2D eigenvalue weighted by Gasteiger charge is -2.45. The first kappa shape index (κ1) is 20.8. The van der Waals surface area contributed by atoms with Gasteiger partial charge in [0.25, 0.3) is 0 Å². The van der Waals surface area contributed by atoms with Gasteiger partial charge in [-0.05, 0) is 35.4 Å². The molecule has 6 nitrogen and oxygen atoms in total. The zero-order chi connectivity index (χ0) is 20.9. The molecule has 0 aromatic heterocycles. The van der Waals surface area contributed by atoms with Crippen LogP contribution in [0.5, 0.6) is 0 Å². The maximum absolute atomic E-state index is 12.4. The molecule has 0 radical (unpaired) electrons. The van der Waals surface area contributed by atoms with Gasteiger partial charge in [0.05, 0.1) is 30.4 Å². The van der Waals surface area contributed by atoms with E-state index in [4.69, 9.17) is 21.6 Å². The fourth-order valence-corrected chi connectivity index (χ4v) is 4.25. The highest BCUT2D eigenvalue weighted by Gasteiger charge is 2.35. The molecule has 0 spiro atoms. The minimum absolute atomic E-state index is 0.0114. The van der Waals surface area contributed by atoms with Crippen LogP contribution in [0.4, 0.5) is 0 Å². The zero-order valence-electron chi connectivity index (χ0n) is 16.8. The molecule has 7 heteroatoms. The summed E-state index contributed by atoms with van der Waals surface area (Å²) in [7, 11) is 0. The molecular weight excluding hydrogens is 400 g/mol. The second kappa shape index (κ2) is 9.59. The number of carbonyl (C=O) groups is 1. The molecule has 2 aromatic carbocycles. The summed E-state index contributed by atoms with van der Waals surface area (Å²) in [5.41, 5.74) is 2.85. The Balaban J connectivity index is 1.23. The molecule has 2 atom stereocenters. The molecular formula is C23H25ClN4O2. The predicted molar refractivity (Wildman–Crippen MR) is 115 cm³/mol. The number of carbonyl (C=O) groups excluding carboxylic acids is 1. The number of fused-ring (bicyclic) bond motifs is 2. The third-order valence-corrected chi connectivity index (χ3v) is 5.74. The van der Waals surface area contributed by atoms with E-state index in [-0.39, 0.29) is 18.1 Å². The number of nitriles is 1. The van der Waals surface area contributed by atoms with Crippen LogP contribution >= 0.6 is 11.6 Å². The van der Waals surface area contributed by atoms with E-state index in [0.29, 0.717) is 18.7 Å². The highest BCUT2D eigenvalue weighted by Crippen LogP contribution is 2.21. The Labute approximate surface area is 182 Å². The molecule has 1 amide bonds. The number of morpholine rings is 2. The third kappa shape index (κ3) is 5.59. The van der Waals surface area contributed by atoms with Crippen LogP contribution in [0.25, 0.3) is 0 Å². The second-order valence-corrected chi connectivity index (χ2v) is 8.42. The van der Waals surface area contributed by atoms with Crippen LogP contribution < -0.4 is 5.32 Å². The number of ether oxygens (including phenoxy) is 1. The Morgan fingerprint density at radius 2 is 1.60 bits per heavy atom. The van der Waals surface area contributed by atoms with Gasteiger partial charge in [-0.15, -0.1) is 0 Å². The van der Waals surface area contributed by atoms with Crippen molar-refractivity contribution in [1.29, 1.82) is 5.26 Å². The highest BCUT2D eigenvalue weighted by atomic mass is 35.5. The van der Waals surface area contributed by atoms with E-state index >= 15 is 0 Å². The van der Waals surface area contributed by atoms with E-state index in [1.165, 1.54) is 5.56 Å². The average Bonchev–Trinajstić information content (AvgIpc) is 2.74. The van der Waals surface area contributed by atoms with E-state index in [1.807, 2.05) is 24.3 Å². The fourth-order valence-electron chi connectivity index (χ4n) is 4.12. The summed E-state index contributed by atoms with van der Waals surface area (Å²) in [5, 5.41) is 12.6. The van der Waals surface area contributed by atoms with Crippen molar-refractivity contribution in [3.63, 3.8) is 0 Å². The first-order chi connectivity index (χ1) is 14.6. The van der Waals surface area contributed by atoms with E-state index in [0.717, 1.165) is 43.3 Å². The Hall–Kier alpha value is -2.43. The lowest BCUT2D eigenvalue weighted by atomic mass is 10.1. The summed E-state index contributed by atoms with van der Waals surface area (Å²) in [6.07, 6.45) is 0.243. The van der Waals surface area contributed by atoms with Crippen molar-refractivity contribution in [2.75, 3.05) is 32.7 Å². The minimum atomic E-state index is 0.0114. The Morgan fingerprint density at radius 1 is 1.00 bits per heavy atom. The van der Waals surface area contributed by atoms with Crippen LogP contribution in [0.2, 0.25) is 5.02 Å². The van der Waals surface area contributed by atoms with Crippen molar-refractivity contribution < 1.29 is 9.53 Å². The van der Waals surface area contributed by atoms with Crippen molar-refractivity contribution in [3.8, 4) is 6.07 Å². The third-order valence-electron chi connectivity index (χ3n) is 5.49. The summed E-state index contributed by atoms with van der Waals surface area (Å²) < 4.78 is 6.11. The van der Waals surface area contributed by atoms with Crippen molar-refractivity contribution in [2.45, 2.75) is 25.3 Å². The first-order valence-corrected chi connectivity index (χ1v) is 10.6. The maximum Gasteiger partial charge on any atom is 0.234 e. The summed E-state index contributed by atoms with van der Waals surface area (Å²) in [6, 6.07) is 17.4. The Kier molecular flexibility index (Phi) is 6.66. The topological polar surface area (TPSA) is 68.6 Å². The van der Waals surface area contributed by atoms with Gasteiger partial charge in [-0.2, -0.15) is 5.26 Å². The monoisotopic (exact) mass is 424 g/mol. The maximum atomic E-state index is 12.4. The lowest BCUT2D eigenvalue weighted by Crippen LogP contribution is -2.60. The van der Waals surface area contributed by atoms with E-state index in [9.17, 15) is 4.79 Å². The normalized spacial score (nSPS) is 21.7. The SMILES string of the molecule is N#Cc1ccc(CNC(=O)CN2CC3CN(Cc4ccc(Cl)cc4)CC(C2)O3)cc1. The molecule has 4 rings (SSSR count). The largest absolute Gasteiger partial charge is 0.370 e. The predicted octanol–water partition coefficient (Wildman–Crippen LogP) is 2.41. The molecule has 0 saturated carbocycles. The highest BCUT2D eigenvalue weighted by molar-refractivity contribution is 6.30. The summed E-state index contributed by atoms with van der Waals surface area (Å²) in [4.78, 5) is 17.0. The van der Waals surface area contributed by atoms with Gasteiger partial charge in [-0.1, -0.05) is 35.9 Å². The fraction of sp³-hybridized carbons (Fsp3) is 0.391. The zero-order valence-corrected chi connectivity index (χ0v) is 17.5. The molecule has 1 N–H and O–H groups in total. The molecule has 2 fully saturated rings. The van der Waals surface area contributed by atoms with Crippen molar-refractivity contribution >= 4 is 17.5 Å². The van der Waals surface area contributed by atoms with Crippen LogP contribution in [0, 0.1) is 11.3 Å². The van der Waals surface area contributed by atoms with Crippen molar-refractivity contribution in [3.05, 3.63) is 70.2 Å². The van der Waals surface area contributed by atoms with Gasteiger partial charge >= 0.3 is 0 Å².